The Morgan fingerprint density at radius 3 is 2.39 bits per heavy atom. The second-order valence-electron chi connectivity index (χ2n) is 8.05. The zero-order chi connectivity index (χ0) is 23.5. The number of alkyl halides is 3. The van der Waals surface area contributed by atoms with Gasteiger partial charge in [-0.15, -0.1) is 0 Å². The van der Waals surface area contributed by atoms with E-state index in [1.807, 2.05) is 0 Å². The molecule has 3 aromatic rings. The van der Waals surface area contributed by atoms with Crippen LogP contribution in [0.5, 0.6) is 0 Å². The summed E-state index contributed by atoms with van der Waals surface area (Å²) in [6, 6.07) is 12.3. The van der Waals surface area contributed by atoms with Gasteiger partial charge < -0.3 is 4.90 Å². The lowest BCUT2D eigenvalue weighted by atomic mass is 9.75. The fourth-order valence-corrected chi connectivity index (χ4v) is 4.05. The second-order valence-corrected chi connectivity index (χ2v) is 8.05. The summed E-state index contributed by atoms with van der Waals surface area (Å²) in [6.07, 6.45) is 1.36. The number of rotatable bonds is 4. The highest BCUT2D eigenvalue weighted by atomic mass is 19.4. The van der Waals surface area contributed by atoms with Crippen LogP contribution in [0.25, 0.3) is 11.4 Å². The molecule has 0 bridgehead atoms. The Morgan fingerprint density at radius 1 is 1.06 bits per heavy atom. The Bertz CT molecular complexity index is 1170. The number of amides is 1. The molecule has 1 fully saturated rings. The third kappa shape index (κ3) is 4.85. The SMILES string of the molecule is N#CC1(Cc2ccc(C(F)(F)F)cc2)CCN(C(=O)c2cccnc2-c2ccncn2)CC1. The van der Waals surface area contributed by atoms with Crippen LogP contribution in [0.1, 0.15) is 34.3 Å². The minimum atomic E-state index is -4.39. The van der Waals surface area contributed by atoms with Gasteiger partial charge in [-0.25, -0.2) is 9.97 Å². The lowest BCUT2D eigenvalue weighted by Crippen LogP contribution is -2.43. The van der Waals surface area contributed by atoms with Crippen molar-refractivity contribution in [3.8, 4) is 17.5 Å². The molecule has 168 valence electrons. The highest BCUT2D eigenvalue weighted by molar-refractivity contribution is 5.99. The molecule has 0 atom stereocenters. The number of likely N-dealkylation sites (tertiary alicyclic amines) is 1. The first-order valence-electron chi connectivity index (χ1n) is 10.4. The maximum absolute atomic E-state index is 13.2. The van der Waals surface area contributed by atoms with Crippen molar-refractivity contribution in [3.63, 3.8) is 0 Å². The van der Waals surface area contributed by atoms with Gasteiger partial charge in [0.2, 0.25) is 0 Å². The molecule has 33 heavy (non-hydrogen) atoms. The van der Waals surface area contributed by atoms with Crippen LogP contribution in [-0.2, 0) is 12.6 Å². The number of benzene rings is 1. The average Bonchev–Trinajstić information content (AvgIpc) is 2.84. The zero-order valence-corrected chi connectivity index (χ0v) is 17.6. The predicted octanol–water partition coefficient (Wildman–Crippen LogP) is 4.55. The molecule has 1 aliphatic heterocycles. The van der Waals surface area contributed by atoms with Gasteiger partial charge in [0.1, 0.15) is 12.0 Å². The largest absolute Gasteiger partial charge is 0.416 e. The van der Waals surface area contributed by atoms with Crippen molar-refractivity contribution in [2.24, 2.45) is 5.41 Å². The summed E-state index contributed by atoms with van der Waals surface area (Å²) in [5.74, 6) is -0.196. The van der Waals surface area contributed by atoms with E-state index in [4.69, 9.17) is 0 Å². The van der Waals surface area contributed by atoms with E-state index >= 15 is 0 Å². The molecular formula is C24H20F3N5O. The van der Waals surface area contributed by atoms with Crippen LogP contribution in [0.2, 0.25) is 0 Å². The first-order valence-corrected chi connectivity index (χ1v) is 10.4. The van der Waals surface area contributed by atoms with Crippen LogP contribution in [0.4, 0.5) is 13.2 Å². The minimum absolute atomic E-state index is 0.196. The van der Waals surface area contributed by atoms with E-state index in [0.717, 1.165) is 12.1 Å². The Balaban J connectivity index is 1.47. The molecule has 4 rings (SSSR count). The highest BCUT2D eigenvalue weighted by Crippen LogP contribution is 2.36. The molecule has 1 aliphatic rings. The zero-order valence-electron chi connectivity index (χ0n) is 17.6. The quantitative estimate of drug-likeness (QED) is 0.581. The number of nitrogens with zero attached hydrogens (tertiary/aromatic N) is 5. The fraction of sp³-hybridized carbons (Fsp3) is 0.292. The number of hydrogen-bond donors (Lipinski definition) is 0. The number of halogens is 3. The predicted molar refractivity (Wildman–Crippen MR) is 114 cm³/mol. The number of nitriles is 1. The first-order chi connectivity index (χ1) is 15.8. The molecule has 0 spiro atoms. The van der Waals surface area contributed by atoms with Gasteiger partial charge in [-0.05, 0) is 55.2 Å². The number of carbonyl (C=O) groups is 1. The molecule has 0 aliphatic carbocycles. The molecule has 0 unspecified atom stereocenters. The molecule has 1 amide bonds. The molecule has 2 aromatic heterocycles. The van der Waals surface area contributed by atoms with Crippen LogP contribution < -0.4 is 0 Å². The topological polar surface area (TPSA) is 82.8 Å². The van der Waals surface area contributed by atoms with Gasteiger partial charge in [-0.3, -0.25) is 9.78 Å². The Kier molecular flexibility index (Phi) is 6.09. The van der Waals surface area contributed by atoms with Crippen LogP contribution >= 0.6 is 0 Å². The van der Waals surface area contributed by atoms with Gasteiger partial charge in [-0.1, -0.05) is 12.1 Å². The van der Waals surface area contributed by atoms with Crippen molar-refractivity contribution in [1.29, 1.82) is 5.26 Å². The fourth-order valence-electron chi connectivity index (χ4n) is 4.05. The standard InChI is InChI=1S/C24H20F3N5O/c25-24(26,27)18-5-3-17(4-6-18)14-23(15-28)8-12-32(13-9-23)22(33)19-2-1-10-30-21(19)20-7-11-29-16-31-20/h1-7,10-11,16H,8-9,12-14H2. The van der Waals surface area contributed by atoms with Gasteiger partial charge in [0.25, 0.3) is 5.91 Å². The van der Waals surface area contributed by atoms with Crippen molar-refractivity contribution in [2.45, 2.75) is 25.4 Å². The van der Waals surface area contributed by atoms with E-state index in [0.29, 0.717) is 54.9 Å². The van der Waals surface area contributed by atoms with Crippen LogP contribution in [-0.4, -0.2) is 38.8 Å². The number of pyridine rings is 1. The maximum Gasteiger partial charge on any atom is 0.416 e. The lowest BCUT2D eigenvalue weighted by molar-refractivity contribution is -0.137. The van der Waals surface area contributed by atoms with Gasteiger partial charge >= 0.3 is 6.18 Å². The molecule has 0 radical (unpaired) electrons. The molecule has 1 aromatic carbocycles. The number of aromatic nitrogens is 3. The molecule has 9 heteroatoms. The lowest BCUT2D eigenvalue weighted by Gasteiger charge is -2.37. The minimum Gasteiger partial charge on any atom is -0.338 e. The van der Waals surface area contributed by atoms with Crippen LogP contribution in [0, 0.1) is 16.7 Å². The van der Waals surface area contributed by atoms with E-state index in [9.17, 15) is 23.2 Å². The molecule has 0 saturated carbocycles. The van der Waals surface area contributed by atoms with E-state index in [1.54, 1.807) is 35.5 Å². The van der Waals surface area contributed by atoms with Crippen molar-refractivity contribution < 1.29 is 18.0 Å². The van der Waals surface area contributed by atoms with E-state index < -0.39 is 17.2 Å². The second kappa shape index (κ2) is 8.98. The third-order valence-electron chi connectivity index (χ3n) is 5.93. The summed E-state index contributed by atoms with van der Waals surface area (Å²) in [5, 5.41) is 9.86. The first kappa shape index (κ1) is 22.4. The monoisotopic (exact) mass is 451 g/mol. The number of piperidine rings is 1. The summed E-state index contributed by atoms with van der Waals surface area (Å²) in [6.45, 7) is 0.732. The van der Waals surface area contributed by atoms with E-state index in [2.05, 4.69) is 21.0 Å². The van der Waals surface area contributed by atoms with Crippen LogP contribution in [0.15, 0.2) is 61.2 Å². The molecule has 6 nitrogen and oxygen atoms in total. The van der Waals surface area contributed by atoms with Crippen molar-refractivity contribution in [3.05, 3.63) is 77.9 Å². The van der Waals surface area contributed by atoms with Crippen molar-refractivity contribution >= 4 is 5.91 Å². The summed E-state index contributed by atoms with van der Waals surface area (Å²) in [7, 11) is 0. The summed E-state index contributed by atoms with van der Waals surface area (Å²) in [4.78, 5) is 27.3. The van der Waals surface area contributed by atoms with E-state index in [-0.39, 0.29) is 5.91 Å². The number of carbonyl (C=O) groups excluding carboxylic acids is 1. The summed E-state index contributed by atoms with van der Waals surface area (Å²) in [5.41, 5.74) is 0.645. The molecule has 1 saturated heterocycles. The summed E-state index contributed by atoms with van der Waals surface area (Å²) >= 11 is 0. The summed E-state index contributed by atoms with van der Waals surface area (Å²) < 4.78 is 38.4. The van der Waals surface area contributed by atoms with Crippen LogP contribution in [0.3, 0.4) is 0 Å². The van der Waals surface area contributed by atoms with Gasteiger partial charge in [-0.2, -0.15) is 18.4 Å². The van der Waals surface area contributed by atoms with Crippen molar-refractivity contribution in [2.75, 3.05) is 13.1 Å². The molecule has 0 N–H and O–H groups in total. The smallest absolute Gasteiger partial charge is 0.338 e. The molecule has 3 heterocycles. The Labute approximate surface area is 188 Å². The van der Waals surface area contributed by atoms with Gasteiger partial charge in [0.15, 0.2) is 0 Å². The van der Waals surface area contributed by atoms with Crippen molar-refractivity contribution in [1.82, 2.24) is 19.9 Å². The van der Waals surface area contributed by atoms with Gasteiger partial charge in [0, 0.05) is 25.5 Å². The van der Waals surface area contributed by atoms with Gasteiger partial charge in [0.05, 0.1) is 28.3 Å². The highest BCUT2D eigenvalue weighted by Gasteiger charge is 2.37. The molecular weight excluding hydrogens is 431 g/mol. The Morgan fingerprint density at radius 2 is 1.79 bits per heavy atom. The third-order valence-corrected chi connectivity index (χ3v) is 5.93. The Hall–Kier alpha value is -3.80. The number of hydrogen-bond acceptors (Lipinski definition) is 5. The normalized spacial score (nSPS) is 15.6. The van der Waals surface area contributed by atoms with E-state index in [1.165, 1.54) is 18.5 Å². The maximum atomic E-state index is 13.2. The average molecular weight is 451 g/mol.